The number of benzene rings is 3. The molecule has 180 valence electrons. The lowest BCUT2D eigenvalue weighted by Gasteiger charge is -2.21. The van der Waals surface area contributed by atoms with Gasteiger partial charge in [-0.15, -0.1) is 0 Å². The zero-order valence-electron chi connectivity index (χ0n) is 18.9. The topological polar surface area (TPSA) is 69.2 Å². The van der Waals surface area contributed by atoms with Gasteiger partial charge in [0.1, 0.15) is 31.7 Å². The third kappa shape index (κ3) is 6.20. The molecule has 0 bridgehead atoms. The summed E-state index contributed by atoms with van der Waals surface area (Å²) in [6.07, 6.45) is -0.0439. The average molecular weight is 532 g/mol. The smallest absolute Gasteiger partial charge is 0.175 e. The van der Waals surface area contributed by atoms with Crippen molar-refractivity contribution in [1.29, 1.82) is 0 Å². The summed E-state index contributed by atoms with van der Waals surface area (Å²) in [5.41, 5.74) is 2.77. The molecular weight excluding hydrogens is 505 g/mol. The molecule has 1 aliphatic rings. The van der Waals surface area contributed by atoms with E-state index in [1.54, 1.807) is 37.4 Å². The highest BCUT2D eigenvalue weighted by atomic mass is 79.9. The largest absolute Gasteiger partial charge is 0.493 e. The monoisotopic (exact) mass is 531 g/mol. The molecule has 8 heteroatoms. The summed E-state index contributed by atoms with van der Waals surface area (Å²) in [5, 5.41) is 14.0. The Balaban J connectivity index is 1.33. The van der Waals surface area contributed by atoms with Gasteiger partial charge < -0.3 is 29.4 Å². The Morgan fingerprint density at radius 2 is 1.79 bits per heavy atom. The van der Waals surface area contributed by atoms with Crippen LogP contribution in [0.15, 0.2) is 59.1 Å². The molecule has 0 aliphatic carbocycles. The molecule has 3 aromatic rings. The Hall–Kier alpha value is -2.81. The molecule has 1 unspecified atom stereocenters. The maximum atomic E-state index is 13.0. The standard InChI is InChI=1S/C26H27BrFNO5/c1-31-25-13-18(15-29-9-8-17-2-5-20(28)6-3-17)12-21(27)26(25)34-16-22(30)19-4-7-23-24(14-19)33-11-10-32-23/h2-7,12-14,22,29-30H,8-11,15-16H2,1H3. The highest BCUT2D eigenvalue weighted by Gasteiger charge is 2.18. The number of methoxy groups -OCH3 is 1. The van der Waals surface area contributed by atoms with E-state index >= 15 is 0 Å². The lowest BCUT2D eigenvalue weighted by Crippen LogP contribution is -2.17. The number of hydrogen-bond donors (Lipinski definition) is 2. The first-order valence-corrected chi connectivity index (χ1v) is 11.8. The summed E-state index contributed by atoms with van der Waals surface area (Å²) in [7, 11) is 1.58. The van der Waals surface area contributed by atoms with E-state index in [-0.39, 0.29) is 12.4 Å². The number of fused-ring (bicyclic) bond motifs is 1. The molecule has 4 rings (SSSR count). The summed E-state index contributed by atoms with van der Waals surface area (Å²) >= 11 is 3.56. The fourth-order valence-electron chi connectivity index (χ4n) is 3.66. The number of rotatable bonds is 10. The van der Waals surface area contributed by atoms with E-state index in [1.807, 2.05) is 12.1 Å². The number of halogens is 2. The van der Waals surface area contributed by atoms with Gasteiger partial charge in [-0.05, 0) is 82.0 Å². The van der Waals surface area contributed by atoms with Crippen LogP contribution in [0.5, 0.6) is 23.0 Å². The molecule has 0 fully saturated rings. The van der Waals surface area contributed by atoms with Crippen LogP contribution in [0.4, 0.5) is 4.39 Å². The van der Waals surface area contributed by atoms with E-state index in [2.05, 4.69) is 21.2 Å². The number of hydrogen-bond acceptors (Lipinski definition) is 6. The second-order valence-corrected chi connectivity index (χ2v) is 8.75. The van der Waals surface area contributed by atoms with Crippen molar-refractivity contribution in [3.63, 3.8) is 0 Å². The first kappa shape index (κ1) is 24.3. The fourth-order valence-corrected chi connectivity index (χ4v) is 4.26. The van der Waals surface area contributed by atoms with Crippen LogP contribution in [-0.4, -0.2) is 38.6 Å². The summed E-state index contributed by atoms with van der Waals surface area (Å²) in [6, 6.07) is 15.8. The zero-order chi connectivity index (χ0) is 23.9. The summed E-state index contributed by atoms with van der Waals surface area (Å²) in [5.74, 6) is 2.16. The lowest BCUT2D eigenvalue weighted by molar-refractivity contribution is 0.105. The van der Waals surface area contributed by atoms with Crippen LogP contribution in [0.2, 0.25) is 0 Å². The Labute approximate surface area is 206 Å². The van der Waals surface area contributed by atoms with Crippen LogP contribution in [0.1, 0.15) is 22.8 Å². The molecule has 2 N–H and O–H groups in total. The minimum Gasteiger partial charge on any atom is -0.493 e. The van der Waals surface area contributed by atoms with E-state index in [0.717, 1.165) is 28.6 Å². The molecule has 0 saturated carbocycles. The molecule has 1 atom stereocenters. The van der Waals surface area contributed by atoms with E-state index < -0.39 is 6.10 Å². The molecule has 1 heterocycles. The van der Waals surface area contributed by atoms with Crippen molar-refractivity contribution < 1.29 is 28.4 Å². The SMILES string of the molecule is COc1cc(CNCCc2ccc(F)cc2)cc(Br)c1OCC(O)c1ccc2c(c1)OCCO2. The van der Waals surface area contributed by atoms with Crippen molar-refractivity contribution in [2.75, 3.05) is 33.5 Å². The lowest BCUT2D eigenvalue weighted by atomic mass is 10.1. The van der Waals surface area contributed by atoms with Gasteiger partial charge >= 0.3 is 0 Å². The van der Waals surface area contributed by atoms with Crippen LogP contribution >= 0.6 is 15.9 Å². The molecule has 6 nitrogen and oxygen atoms in total. The highest BCUT2D eigenvalue weighted by molar-refractivity contribution is 9.10. The van der Waals surface area contributed by atoms with Gasteiger partial charge in [0.2, 0.25) is 0 Å². The third-order valence-corrected chi connectivity index (χ3v) is 6.05. The van der Waals surface area contributed by atoms with Crippen LogP contribution in [0.3, 0.4) is 0 Å². The first-order chi connectivity index (χ1) is 16.5. The number of aliphatic hydroxyl groups is 1. The second kappa shape index (κ2) is 11.6. The van der Waals surface area contributed by atoms with Crippen LogP contribution in [0.25, 0.3) is 0 Å². The first-order valence-electron chi connectivity index (χ1n) is 11.1. The van der Waals surface area contributed by atoms with Gasteiger partial charge in [0.15, 0.2) is 23.0 Å². The third-order valence-electron chi connectivity index (χ3n) is 5.46. The molecule has 0 aromatic heterocycles. The zero-order valence-corrected chi connectivity index (χ0v) is 20.4. The summed E-state index contributed by atoms with van der Waals surface area (Å²) < 4.78 is 36.3. The minimum atomic E-state index is -0.847. The molecule has 0 radical (unpaired) electrons. The van der Waals surface area contributed by atoms with Crippen molar-refractivity contribution in [2.24, 2.45) is 0 Å². The molecule has 0 saturated heterocycles. The minimum absolute atomic E-state index is 0.0455. The van der Waals surface area contributed by atoms with Crippen LogP contribution < -0.4 is 24.3 Å². The summed E-state index contributed by atoms with van der Waals surface area (Å²) in [4.78, 5) is 0. The van der Waals surface area contributed by atoms with Crippen LogP contribution in [0, 0.1) is 5.82 Å². The number of nitrogens with one attached hydrogen (secondary N) is 1. The quantitative estimate of drug-likeness (QED) is 0.366. The van der Waals surface area contributed by atoms with Gasteiger partial charge in [0, 0.05) is 6.54 Å². The van der Waals surface area contributed by atoms with Gasteiger partial charge in [-0.3, -0.25) is 0 Å². The van der Waals surface area contributed by atoms with E-state index in [1.165, 1.54) is 12.1 Å². The van der Waals surface area contributed by atoms with E-state index in [0.29, 0.717) is 48.3 Å². The van der Waals surface area contributed by atoms with Gasteiger partial charge in [0.05, 0.1) is 11.6 Å². The second-order valence-electron chi connectivity index (χ2n) is 7.89. The van der Waals surface area contributed by atoms with Crippen molar-refractivity contribution >= 4 is 15.9 Å². The molecule has 1 aliphatic heterocycles. The van der Waals surface area contributed by atoms with Crippen molar-refractivity contribution in [3.8, 4) is 23.0 Å². The molecule has 3 aromatic carbocycles. The van der Waals surface area contributed by atoms with Crippen molar-refractivity contribution in [1.82, 2.24) is 5.32 Å². The highest BCUT2D eigenvalue weighted by Crippen LogP contribution is 2.38. The molecule has 34 heavy (non-hydrogen) atoms. The predicted octanol–water partition coefficient (Wildman–Crippen LogP) is 4.81. The number of aliphatic hydroxyl groups excluding tert-OH is 1. The Morgan fingerprint density at radius 3 is 2.56 bits per heavy atom. The maximum absolute atomic E-state index is 13.0. The van der Waals surface area contributed by atoms with E-state index in [9.17, 15) is 9.50 Å². The molecular formula is C26H27BrFNO5. The Bertz CT molecular complexity index is 1110. The van der Waals surface area contributed by atoms with Gasteiger partial charge in [-0.1, -0.05) is 18.2 Å². The molecule has 0 spiro atoms. The number of ether oxygens (including phenoxy) is 4. The van der Waals surface area contributed by atoms with Gasteiger partial charge in [-0.25, -0.2) is 4.39 Å². The predicted molar refractivity (Wildman–Crippen MR) is 130 cm³/mol. The van der Waals surface area contributed by atoms with Crippen molar-refractivity contribution in [3.05, 3.63) is 81.6 Å². The fraction of sp³-hybridized carbons (Fsp3) is 0.308. The van der Waals surface area contributed by atoms with Gasteiger partial charge in [-0.2, -0.15) is 0 Å². The maximum Gasteiger partial charge on any atom is 0.175 e. The average Bonchev–Trinajstić information content (AvgIpc) is 2.86. The summed E-state index contributed by atoms with van der Waals surface area (Å²) in [6.45, 7) is 2.44. The van der Waals surface area contributed by atoms with E-state index in [4.69, 9.17) is 18.9 Å². The van der Waals surface area contributed by atoms with Crippen molar-refractivity contribution in [2.45, 2.75) is 19.1 Å². The van der Waals surface area contributed by atoms with Gasteiger partial charge in [0.25, 0.3) is 0 Å². The molecule has 0 amide bonds. The Kier molecular flexibility index (Phi) is 8.26. The normalized spacial score (nSPS) is 13.4. The van der Waals surface area contributed by atoms with Crippen LogP contribution in [-0.2, 0) is 13.0 Å². The Morgan fingerprint density at radius 1 is 1.03 bits per heavy atom.